The van der Waals surface area contributed by atoms with Crippen LogP contribution >= 0.6 is 0 Å². The van der Waals surface area contributed by atoms with Crippen molar-refractivity contribution in [1.29, 1.82) is 0 Å². The monoisotopic (exact) mass is 279 g/mol. The number of ether oxygens (including phenoxy) is 1. The fourth-order valence-corrected chi connectivity index (χ4v) is 3.04. The average Bonchev–Trinajstić information content (AvgIpc) is 2.89. The van der Waals surface area contributed by atoms with Gasteiger partial charge in [0.05, 0.1) is 11.1 Å². The van der Waals surface area contributed by atoms with Crippen molar-refractivity contribution < 1.29 is 4.74 Å². The average molecular weight is 279 g/mol. The summed E-state index contributed by atoms with van der Waals surface area (Å²) >= 11 is 0. The number of rotatable bonds is 3. The summed E-state index contributed by atoms with van der Waals surface area (Å²) in [5, 5.41) is 3.24. The van der Waals surface area contributed by atoms with Crippen LogP contribution in [0, 0.1) is 5.41 Å². The minimum Gasteiger partial charge on any atom is -0.442 e. The third-order valence-corrected chi connectivity index (χ3v) is 4.01. The highest BCUT2D eigenvalue weighted by Crippen LogP contribution is 2.52. The normalized spacial score (nSPS) is 27.8. The van der Waals surface area contributed by atoms with Crippen molar-refractivity contribution in [3.8, 4) is 0 Å². The Morgan fingerprint density at radius 2 is 2.10 bits per heavy atom. The van der Waals surface area contributed by atoms with Crippen molar-refractivity contribution in [2.24, 2.45) is 11.1 Å². The van der Waals surface area contributed by atoms with Gasteiger partial charge in [-0.2, -0.15) is 0 Å². The molecule has 0 amide bonds. The van der Waals surface area contributed by atoms with Crippen LogP contribution in [0.3, 0.4) is 0 Å². The SMILES string of the molecule is NCCNC1=CC23C=CC=CC2=CN2C=CC=CC2=C3O1. The summed E-state index contributed by atoms with van der Waals surface area (Å²) in [5.41, 5.74) is 7.54. The van der Waals surface area contributed by atoms with Gasteiger partial charge in [-0.1, -0.05) is 30.4 Å². The molecule has 4 nitrogen and oxygen atoms in total. The summed E-state index contributed by atoms with van der Waals surface area (Å²) in [5.74, 6) is 1.72. The van der Waals surface area contributed by atoms with Gasteiger partial charge in [-0.3, -0.25) is 0 Å². The molecule has 0 saturated carbocycles. The number of nitrogens with one attached hydrogen (secondary N) is 1. The third kappa shape index (κ3) is 1.73. The maximum atomic E-state index is 6.12. The van der Waals surface area contributed by atoms with E-state index in [9.17, 15) is 0 Å². The number of hydrogen-bond acceptors (Lipinski definition) is 4. The van der Waals surface area contributed by atoms with E-state index in [4.69, 9.17) is 10.5 Å². The first-order valence-corrected chi connectivity index (χ1v) is 7.14. The van der Waals surface area contributed by atoms with E-state index in [0.29, 0.717) is 13.1 Å². The van der Waals surface area contributed by atoms with Crippen LogP contribution in [0.2, 0.25) is 0 Å². The van der Waals surface area contributed by atoms with Crippen molar-refractivity contribution in [2.75, 3.05) is 13.1 Å². The molecule has 0 aromatic carbocycles. The molecule has 106 valence electrons. The smallest absolute Gasteiger partial charge is 0.190 e. The van der Waals surface area contributed by atoms with Gasteiger partial charge in [0.1, 0.15) is 5.76 Å². The topological polar surface area (TPSA) is 50.5 Å². The van der Waals surface area contributed by atoms with Crippen molar-refractivity contribution in [3.05, 3.63) is 83.9 Å². The van der Waals surface area contributed by atoms with Crippen LogP contribution in [-0.2, 0) is 4.74 Å². The van der Waals surface area contributed by atoms with Crippen LogP contribution in [0.25, 0.3) is 0 Å². The highest BCUT2D eigenvalue weighted by atomic mass is 16.5. The van der Waals surface area contributed by atoms with Gasteiger partial charge in [0.15, 0.2) is 5.88 Å². The lowest BCUT2D eigenvalue weighted by molar-refractivity contribution is 0.254. The van der Waals surface area contributed by atoms with E-state index in [0.717, 1.165) is 17.3 Å². The Labute approximate surface area is 123 Å². The van der Waals surface area contributed by atoms with Gasteiger partial charge in [0, 0.05) is 25.5 Å². The molecule has 1 atom stereocenters. The molecule has 4 heteroatoms. The van der Waals surface area contributed by atoms with Gasteiger partial charge in [0.25, 0.3) is 0 Å². The Bertz CT molecular complexity index is 691. The Morgan fingerprint density at radius 1 is 1.19 bits per heavy atom. The molecule has 0 aromatic rings. The summed E-state index contributed by atoms with van der Waals surface area (Å²) < 4.78 is 6.12. The van der Waals surface area contributed by atoms with E-state index < -0.39 is 0 Å². The van der Waals surface area contributed by atoms with Crippen molar-refractivity contribution in [1.82, 2.24) is 10.2 Å². The molecule has 0 saturated heterocycles. The molecule has 3 heterocycles. The Kier molecular flexibility index (Phi) is 2.65. The molecule has 4 aliphatic rings. The Morgan fingerprint density at radius 3 is 3.00 bits per heavy atom. The van der Waals surface area contributed by atoms with Crippen LogP contribution in [0.15, 0.2) is 83.9 Å². The summed E-state index contributed by atoms with van der Waals surface area (Å²) in [7, 11) is 0. The second-order valence-electron chi connectivity index (χ2n) is 5.32. The van der Waals surface area contributed by atoms with E-state index in [-0.39, 0.29) is 5.41 Å². The van der Waals surface area contributed by atoms with Gasteiger partial charge in [-0.15, -0.1) is 0 Å². The van der Waals surface area contributed by atoms with Gasteiger partial charge in [0.2, 0.25) is 0 Å². The highest BCUT2D eigenvalue weighted by molar-refractivity contribution is 5.57. The first kappa shape index (κ1) is 12.3. The molecule has 0 aromatic heterocycles. The summed E-state index contributed by atoms with van der Waals surface area (Å²) in [4.78, 5) is 2.10. The number of hydrogen-bond donors (Lipinski definition) is 2. The molecule has 1 unspecified atom stereocenters. The summed E-state index contributed by atoms with van der Waals surface area (Å²) in [6.07, 6.45) is 20.9. The van der Waals surface area contributed by atoms with Crippen LogP contribution in [0.1, 0.15) is 0 Å². The minimum atomic E-state index is -0.299. The zero-order valence-corrected chi connectivity index (χ0v) is 11.6. The molecular weight excluding hydrogens is 262 g/mol. The summed E-state index contributed by atoms with van der Waals surface area (Å²) in [6, 6.07) is 0. The first-order valence-electron chi connectivity index (χ1n) is 7.14. The molecule has 1 aliphatic carbocycles. The fraction of sp³-hybridized carbons (Fsp3) is 0.176. The van der Waals surface area contributed by atoms with Gasteiger partial charge >= 0.3 is 0 Å². The second kappa shape index (κ2) is 4.53. The standard InChI is InChI=1S/C17H17N3O/c18-8-9-19-15-11-17-7-3-1-5-13(17)12-20-10-4-2-6-14(20)16(17)21-15/h1-7,10-12,19H,8-9,18H2. The maximum Gasteiger partial charge on any atom is 0.190 e. The van der Waals surface area contributed by atoms with E-state index in [1.807, 2.05) is 18.4 Å². The lowest BCUT2D eigenvalue weighted by Gasteiger charge is -2.36. The Balaban J connectivity index is 1.83. The van der Waals surface area contributed by atoms with Crippen LogP contribution in [-0.4, -0.2) is 18.0 Å². The van der Waals surface area contributed by atoms with E-state index in [1.54, 1.807) is 0 Å². The zero-order chi connectivity index (χ0) is 14.3. The molecule has 1 spiro atoms. The molecular formula is C17H17N3O. The predicted octanol–water partition coefficient (Wildman–Crippen LogP) is 2.01. The fourth-order valence-electron chi connectivity index (χ4n) is 3.04. The Hall–Kier alpha value is -2.46. The van der Waals surface area contributed by atoms with Crippen LogP contribution in [0.5, 0.6) is 0 Å². The van der Waals surface area contributed by atoms with Crippen molar-refractivity contribution in [3.63, 3.8) is 0 Å². The summed E-state index contributed by atoms with van der Waals surface area (Å²) in [6.45, 7) is 1.27. The number of allylic oxidation sites excluding steroid dienone is 7. The third-order valence-electron chi connectivity index (χ3n) is 4.01. The molecule has 0 radical (unpaired) electrons. The molecule has 3 aliphatic heterocycles. The number of fused-ring (bicyclic) bond motifs is 1. The van der Waals surface area contributed by atoms with Gasteiger partial charge in [-0.05, 0) is 23.8 Å². The molecule has 0 fully saturated rings. The first-order chi connectivity index (χ1) is 10.3. The molecule has 4 rings (SSSR count). The molecule has 0 bridgehead atoms. The van der Waals surface area contributed by atoms with E-state index in [2.05, 4.69) is 52.9 Å². The van der Waals surface area contributed by atoms with Gasteiger partial charge < -0.3 is 20.7 Å². The quantitative estimate of drug-likeness (QED) is 0.830. The number of nitrogens with two attached hydrogens (primary N) is 1. The molecule has 21 heavy (non-hydrogen) atoms. The van der Waals surface area contributed by atoms with Gasteiger partial charge in [-0.25, -0.2) is 0 Å². The minimum absolute atomic E-state index is 0.299. The van der Waals surface area contributed by atoms with E-state index >= 15 is 0 Å². The van der Waals surface area contributed by atoms with Crippen molar-refractivity contribution >= 4 is 0 Å². The lowest BCUT2D eigenvalue weighted by atomic mass is 9.74. The largest absolute Gasteiger partial charge is 0.442 e. The lowest BCUT2D eigenvalue weighted by Crippen LogP contribution is -2.30. The van der Waals surface area contributed by atoms with Crippen molar-refractivity contribution in [2.45, 2.75) is 0 Å². The van der Waals surface area contributed by atoms with Crippen LogP contribution < -0.4 is 11.1 Å². The predicted molar refractivity (Wildman–Crippen MR) is 82.2 cm³/mol. The highest BCUT2D eigenvalue weighted by Gasteiger charge is 2.46. The zero-order valence-electron chi connectivity index (χ0n) is 11.6. The molecule has 3 N–H and O–H groups in total. The van der Waals surface area contributed by atoms with E-state index in [1.165, 1.54) is 5.57 Å². The number of nitrogens with zero attached hydrogens (tertiary/aromatic N) is 1. The second-order valence-corrected chi connectivity index (χ2v) is 5.32. The van der Waals surface area contributed by atoms with Crippen LogP contribution in [0.4, 0.5) is 0 Å². The maximum absolute atomic E-state index is 6.12.